The van der Waals surface area contributed by atoms with Crippen LogP contribution in [0.5, 0.6) is 0 Å². The molecule has 2 aromatic heterocycles. The molecule has 1 amide bonds. The van der Waals surface area contributed by atoms with E-state index in [4.69, 9.17) is 0 Å². The first-order valence-corrected chi connectivity index (χ1v) is 9.83. The summed E-state index contributed by atoms with van der Waals surface area (Å²) in [7, 11) is 1.32. The second kappa shape index (κ2) is 8.78. The maximum absolute atomic E-state index is 12.1. The fourth-order valence-corrected chi connectivity index (χ4v) is 3.43. The first kappa shape index (κ1) is 19.1. The highest BCUT2D eigenvalue weighted by Gasteiger charge is 2.12. The molecule has 0 atom stereocenters. The molecule has 140 valence electrons. The molecule has 2 N–H and O–H groups in total. The molecule has 8 nitrogen and oxygen atoms in total. The van der Waals surface area contributed by atoms with E-state index in [1.54, 1.807) is 5.38 Å². The molecule has 0 saturated heterocycles. The van der Waals surface area contributed by atoms with Gasteiger partial charge in [0.05, 0.1) is 25.0 Å². The van der Waals surface area contributed by atoms with Gasteiger partial charge in [-0.1, -0.05) is 41.6 Å². The van der Waals surface area contributed by atoms with Crippen molar-refractivity contribution in [2.75, 3.05) is 18.2 Å². The fraction of sp³-hybridized carbons (Fsp3) is 0.235. The molecule has 2 heterocycles. The highest BCUT2D eigenvalue weighted by molar-refractivity contribution is 7.99. The largest absolute Gasteiger partial charge is 0.469 e. The molecular formula is C17H17N5O3S2. The van der Waals surface area contributed by atoms with Crippen LogP contribution in [0.2, 0.25) is 0 Å². The molecule has 0 aliphatic rings. The fourth-order valence-electron chi connectivity index (χ4n) is 2.10. The number of aromatic amines is 1. The molecule has 0 fully saturated rings. The number of nitrogens with zero attached hydrogens (tertiary/aromatic N) is 3. The number of thioether (sulfide) groups is 1. The summed E-state index contributed by atoms with van der Waals surface area (Å²) in [6.07, 6.45) is 0.0800. The number of aromatic nitrogens is 4. The number of hydrogen-bond acceptors (Lipinski definition) is 8. The van der Waals surface area contributed by atoms with Crippen LogP contribution in [0.3, 0.4) is 0 Å². The van der Waals surface area contributed by atoms with Crippen LogP contribution < -0.4 is 5.32 Å². The van der Waals surface area contributed by atoms with E-state index >= 15 is 0 Å². The molecule has 0 bridgehead atoms. The minimum atomic E-state index is -0.372. The minimum Gasteiger partial charge on any atom is -0.469 e. The van der Waals surface area contributed by atoms with Crippen molar-refractivity contribution in [3.8, 4) is 11.4 Å². The maximum atomic E-state index is 12.1. The zero-order valence-corrected chi connectivity index (χ0v) is 16.3. The van der Waals surface area contributed by atoms with Gasteiger partial charge in [0.15, 0.2) is 11.0 Å². The number of ether oxygens (including phenoxy) is 1. The third-order valence-corrected chi connectivity index (χ3v) is 5.13. The molecule has 27 heavy (non-hydrogen) atoms. The monoisotopic (exact) mass is 403 g/mol. The van der Waals surface area contributed by atoms with Gasteiger partial charge in [0, 0.05) is 10.9 Å². The second-order valence-corrected chi connectivity index (χ2v) is 7.37. The lowest BCUT2D eigenvalue weighted by Gasteiger charge is -1.99. The Labute approximate surface area is 163 Å². The van der Waals surface area contributed by atoms with Gasteiger partial charge in [-0.2, -0.15) is 0 Å². The summed E-state index contributed by atoms with van der Waals surface area (Å²) in [5, 5.41) is 12.3. The number of benzene rings is 1. The Bertz CT molecular complexity index is 936. The molecular weight excluding hydrogens is 386 g/mol. The number of nitrogens with one attached hydrogen (secondary N) is 2. The average molecular weight is 403 g/mol. The van der Waals surface area contributed by atoms with Crippen LogP contribution in [-0.4, -0.2) is 44.9 Å². The Kier molecular flexibility index (Phi) is 6.20. The zero-order chi connectivity index (χ0) is 19.2. The van der Waals surface area contributed by atoms with Crippen LogP contribution in [-0.2, 0) is 20.7 Å². The van der Waals surface area contributed by atoms with Gasteiger partial charge in [-0.15, -0.1) is 16.4 Å². The van der Waals surface area contributed by atoms with Gasteiger partial charge in [0.25, 0.3) is 0 Å². The average Bonchev–Trinajstić information content (AvgIpc) is 3.30. The van der Waals surface area contributed by atoms with Crippen LogP contribution in [0.15, 0.2) is 34.8 Å². The summed E-state index contributed by atoms with van der Waals surface area (Å²) in [5.74, 6) is 0.213. The van der Waals surface area contributed by atoms with Crippen LogP contribution in [0.1, 0.15) is 11.3 Å². The van der Waals surface area contributed by atoms with Gasteiger partial charge in [0.2, 0.25) is 11.1 Å². The van der Waals surface area contributed by atoms with Gasteiger partial charge in [0.1, 0.15) is 0 Å². The summed E-state index contributed by atoms with van der Waals surface area (Å²) in [4.78, 5) is 31.9. The summed E-state index contributed by atoms with van der Waals surface area (Å²) >= 11 is 2.48. The van der Waals surface area contributed by atoms with Crippen LogP contribution in [0.25, 0.3) is 11.4 Å². The Hall–Kier alpha value is -2.72. The normalized spacial score (nSPS) is 10.6. The molecule has 0 saturated carbocycles. The number of aryl methyl sites for hydroxylation is 1. The van der Waals surface area contributed by atoms with Crippen LogP contribution in [0.4, 0.5) is 5.13 Å². The molecule has 3 aromatic rings. The Morgan fingerprint density at radius 1 is 1.26 bits per heavy atom. The van der Waals surface area contributed by atoms with E-state index in [1.807, 2.05) is 31.2 Å². The third-order valence-electron chi connectivity index (χ3n) is 3.47. The highest BCUT2D eigenvalue weighted by Crippen LogP contribution is 2.21. The Balaban J connectivity index is 1.51. The van der Waals surface area contributed by atoms with Crippen molar-refractivity contribution >= 4 is 40.1 Å². The summed E-state index contributed by atoms with van der Waals surface area (Å²) in [6.45, 7) is 2.02. The Morgan fingerprint density at radius 2 is 2.04 bits per heavy atom. The van der Waals surface area contributed by atoms with Crippen molar-refractivity contribution in [2.45, 2.75) is 18.5 Å². The first-order valence-electron chi connectivity index (χ1n) is 7.97. The first-order chi connectivity index (χ1) is 13.0. The van der Waals surface area contributed by atoms with E-state index in [2.05, 4.69) is 30.2 Å². The SMILES string of the molecule is COC(=O)Cc1csc(NC(=O)CSc2n[nH]c(-c3ccc(C)cc3)n2)n1. The minimum absolute atomic E-state index is 0.0800. The molecule has 1 aromatic carbocycles. The second-order valence-electron chi connectivity index (χ2n) is 5.57. The number of rotatable bonds is 7. The summed E-state index contributed by atoms with van der Waals surface area (Å²) in [5.41, 5.74) is 2.67. The number of esters is 1. The van der Waals surface area contributed by atoms with Crippen molar-refractivity contribution in [3.63, 3.8) is 0 Å². The van der Waals surface area contributed by atoms with Gasteiger partial charge in [-0.3, -0.25) is 14.7 Å². The van der Waals surface area contributed by atoms with E-state index in [0.29, 0.717) is 21.8 Å². The van der Waals surface area contributed by atoms with Gasteiger partial charge < -0.3 is 10.1 Å². The summed E-state index contributed by atoms with van der Waals surface area (Å²) in [6, 6.07) is 7.93. The van der Waals surface area contributed by atoms with E-state index in [-0.39, 0.29) is 24.1 Å². The topological polar surface area (TPSA) is 110 Å². The molecule has 0 aliphatic carbocycles. The van der Waals surface area contributed by atoms with Gasteiger partial charge in [-0.25, -0.2) is 9.97 Å². The van der Waals surface area contributed by atoms with Crippen molar-refractivity contribution in [1.29, 1.82) is 0 Å². The van der Waals surface area contributed by atoms with E-state index in [9.17, 15) is 9.59 Å². The van der Waals surface area contributed by atoms with Crippen molar-refractivity contribution in [1.82, 2.24) is 20.2 Å². The number of amides is 1. The number of anilines is 1. The molecule has 3 rings (SSSR count). The number of carbonyl (C=O) groups is 2. The molecule has 0 unspecified atom stereocenters. The van der Waals surface area contributed by atoms with Crippen molar-refractivity contribution in [2.24, 2.45) is 0 Å². The zero-order valence-electron chi connectivity index (χ0n) is 14.7. The van der Waals surface area contributed by atoms with Crippen molar-refractivity contribution in [3.05, 3.63) is 40.9 Å². The van der Waals surface area contributed by atoms with E-state index in [0.717, 1.165) is 5.56 Å². The van der Waals surface area contributed by atoms with Crippen LogP contribution >= 0.6 is 23.1 Å². The number of hydrogen-bond donors (Lipinski definition) is 2. The smallest absolute Gasteiger partial charge is 0.311 e. The Morgan fingerprint density at radius 3 is 2.78 bits per heavy atom. The lowest BCUT2D eigenvalue weighted by Crippen LogP contribution is -2.14. The van der Waals surface area contributed by atoms with Crippen molar-refractivity contribution < 1.29 is 14.3 Å². The number of H-pyrrole nitrogens is 1. The number of thiazole rings is 1. The summed E-state index contributed by atoms with van der Waals surface area (Å²) < 4.78 is 4.59. The lowest BCUT2D eigenvalue weighted by atomic mass is 10.1. The predicted octanol–water partition coefficient (Wildman–Crippen LogP) is 2.68. The standard InChI is InChI=1S/C17H17N5O3S2/c1-10-3-5-11(6-4-10)15-20-17(22-21-15)27-9-13(23)19-16-18-12(8-26-16)7-14(24)25-2/h3-6,8H,7,9H2,1-2H3,(H,18,19,23)(H,20,21,22). The highest BCUT2D eigenvalue weighted by atomic mass is 32.2. The predicted molar refractivity (Wildman–Crippen MR) is 104 cm³/mol. The maximum Gasteiger partial charge on any atom is 0.311 e. The molecule has 0 aliphatic heterocycles. The van der Waals surface area contributed by atoms with Crippen LogP contribution in [0, 0.1) is 6.92 Å². The third kappa shape index (κ3) is 5.38. The molecule has 0 radical (unpaired) electrons. The molecule has 0 spiro atoms. The van der Waals surface area contributed by atoms with Gasteiger partial charge in [-0.05, 0) is 6.92 Å². The lowest BCUT2D eigenvalue weighted by molar-refractivity contribution is -0.139. The quantitative estimate of drug-likeness (QED) is 0.461. The molecule has 10 heteroatoms. The van der Waals surface area contributed by atoms with Gasteiger partial charge >= 0.3 is 5.97 Å². The van der Waals surface area contributed by atoms with E-state index < -0.39 is 0 Å². The number of carbonyl (C=O) groups excluding carboxylic acids is 2. The number of methoxy groups -OCH3 is 1. The van der Waals surface area contributed by atoms with E-state index in [1.165, 1.54) is 35.8 Å².